The lowest BCUT2D eigenvalue weighted by molar-refractivity contribution is -0.686. The molecule has 0 saturated heterocycles. The van der Waals surface area contributed by atoms with Crippen molar-refractivity contribution < 1.29 is 24.0 Å². The molecule has 2 aromatic rings. The van der Waals surface area contributed by atoms with Crippen molar-refractivity contribution in [1.29, 1.82) is 0 Å². The largest absolute Gasteiger partial charge is 0.461 e. The van der Waals surface area contributed by atoms with Crippen LogP contribution in [-0.4, -0.2) is 23.6 Å². The van der Waals surface area contributed by atoms with E-state index < -0.39 is 5.72 Å². The van der Waals surface area contributed by atoms with E-state index in [9.17, 15) is 14.7 Å². The van der Waals surface area contributed by atoms with E-state index >= 15 is 0 Å². The number of aryl methyl sites for hydroxylation is 1. The highest BCUT2D eigenvalue weighted by molar-refractivity contribution is 5.99. The number of benzene rings is 1. The number of rotatable bonds is 14. The number of ether oxygens (including phenoxy) is 1. The Morgan fingerprint density at radius 3 is 2.44 bits per heavy atom. The first kappa shape index (κ1) is 25.9. The van der Waals surface area contributed by atoms with Gasteiger partial charge in [-0.25, -0.2) is 4.79 Å². The van der Waals surface area contributed by atoms with Crippen LogP contribution in [0.1, 0.15) is 98.7 Å². The highest BCUT2D eigenvalue weighted by Crippen LogP contribution is 2.34. The number of aromatic nitrogens is 1. The van der Waals surface area contributed by atoms with Gasteiger partial charge in [0.1, 0.15) is 5.56 Å². The van der Waals surface area contributed by atoms with Crippen molar-refractivity contribution in [2.24, 2.45) is 0 Å². The van der Waals surface area contributed by atoms with Crippen LogP contribution in [0.25, 0.3) is 0 Å². The number of aliphatic hydroxyl groups is 1. The molecule has 0 fully saturated rings. The van der Waals surface area contributed by atoms with Gasteiger partial charge < -0.3 is 15.2 Å². The zero-order chi connectivity index (χ0) is 24.4. The predicted molar refractivity (Wildman–Crippen MR) is 131 cm³/mol. The first-order chi connectivity index (χ1) is 16.5. The number of carbonyl (C=O) groups is 2. The van der Waals surface area contributed by atoms with Crippen molar-refractivity contribution in [3.8, 4) is 0 Å². The second-order valence-electron chi connectivity index (χ2n) is 9.19. The molecule has 1 aromatic heterocycles. The van der Waals surface area contributed by atoms with Crippen LogP contribution in [-0.2, 0) is 28.2 Å². The minimum atomic E-state index is -1.58. The number of amides is 1. The van der Waals surface area contributed by atoms with Crippen LogP contribution < -0.4 is 9.88 Å². The van der Waals surface area contributed by atoms with Gasteiger partial charge >= 0.3 is 5.97 Å². The summed E-state index contributed by atoms with van der Waals surface area (Å²) in [5, 5.41) is 14.2. The number of hydrogen-bond donors (Lipinski definition) is 2. The van der Waals surface area contributed by atoms with E-state index in [1.807, 2.05) is 18.2 Å². The molecular formula is C28H39N2O4+. The van der Waals surface area contributed by atoms with Crippen molar-refractivity contribution in [1.82, 2.24) is 5.32 Å². The highest BCUT2D eigenvalue weighted by Gasteiger charge is 2.44. The van der Waals surface area contributed by atoms with Gasteiger partial charge in [0, 0.05) is 17.2 Å². The number of nitrogens with zero attached hydrogens (tertiary/aromatic N) is 1. The summed E-state index contributed by atoms with van der Waals surface area (Å²) in [6.45, 7) is 4.32. The molecule has 3 rings (SSSR count). The number of hydrogen-bond acceptors (Lipinski definition) is 4. The molecule has 1 atom stereocenters. The number of unbranched alkanes of at least 4 members (excludes halogenated alkanes) is 8. The Kier molecular flexibility index (Phi) is 9.63. The summed E-state index contributed by atoms with van der Waals surface area (Å²) in [5.74, 6) is -0.731. The fraction of sp³-hybridized carbons (Fsp3) is 0.536. The lowest BCUT2D eigenvalue weighted by atomic mass is 9.93. The average molecular weight is 468 g/mol. The average Bonchev–Trinajstić information content (AvgIpc) is 3.09. The van der Waals surface area contributed by atoms with E-state index in [4.69, 9.17) is 4.74 Å². The molecule has 6 nitrogen and oxygen atoms in total. The molecule has 2 heterocycles. The molecule has 1 aromatic carbocycles. The van der Waals surface area contributed by atoms with Gasteiger partial charge in [0.05, 0.1) is 6.61 Å². The van der Waals surface area contributed by atoms with Crippen molar-refractivity contribution in [2.75, 3.05) is 6.61 Å². The van der Waals surface area contributed by atoms with Gasteiger partial charge in [0.2, 0.25) is 6.54 Å². The minimum Gasteiger partial charge on any atom is -0.461 e. The van der Waals surface area contributed by atoms with Crippen molar-refractivity contribution in [3.63, 3.8) is 0 Å². The van der Waals surface area contributed by atoms with E-state index in [0.29, 0.717) is 23.3 Å². The summed E-state index contributed by atoms with van der Waals surface area (Å²) >= 11 is 0. The molecule has 0 radical (unpaired) electrons. The van der Waals surface area contributed by atoms with E-state index in [1.54, 1.807) is 30.0 Å². The molecule has 6 heteroatoms. The monoisotopic (exact) mass is 467 g/mol. The van der Waals surface area contributed by atoms with Gasteiger partial charge in [0.15, 0.2) is 18.1 Å². The molecule has 184 valence electrons. The summed E-state index contributed by atoms with van der Waals surface area (Å²) in [7, 11) is 0. The van der Waals surface area contributed by atoms with Crippen molar-refractivity contribution >= 4 is 11.9 Å². The lowest BCUT2D eigenvalue weighted by Gasteiger charge is -2.24. The standard InChI is InChI=1S/C28H38N2O4/c1-3-5-6-7-8-9-10-11-12-14-22-15-13-16-23(19-22)28(33)25-17-18-30(21-26(31)34-4-2)20-24(25)27(32)29-28/h13,15-20,33H,3-12,14,21H2,1-2H3/p+1. The van der Waals surface area contributed by atoms with Gasteiger partial charge in [-0.15, -0.1) is 0 Å². The number of fused-ring (bicyclic) bond motifs is 1. The Morgan fingerprint density at radius 2 is 1.74 bits per heavy atom. The molecule has 1 aliphatic rings. The first-order valence-corrected chi connectivity index (χ1v) is 12.8. The molecule has 1 aliphatic heterocycles. The van der Waals surface area contributed by atoms with Gasteiger partial charge in [-0.1, -0.05) is 82.6 Å². The Labute approximate surface area is 203 Å². The third kappa shape index (κ3) is 6.66. The summed E-state index contributed by atoms with van der Waals surface area (Å²) < 4.78 is 6.58. The molecule has 0 saturated carbocycles. The lowest BCUT2D eigenvalue weighted by Crippen LogP contribution is -2.40. The fourth-order valence-corrected chi connectivity index (χ4v) is 4.61. The van der Waals surface area contributed by atoms with Gasteiger partial charge in [0.25, 0.3) is 5.91 Å². The first-order valence-electron chi connectivity index (χ1n) is 12.8. The predicted octanol–water partition coefficient (Wildman–Crippen LogP) is 4.55. The zero-order valence-electron chi connectivity index (χ0n) is 20.6. The molecule has 1 amide bonds. The topological polar surface area (TPSA) is 79.5 Å². The maximum Gasteiger partial charge on any atom is 0.372 e. The van der Waals surface area contributed by atoms with Crippen LogP contribution in [0.3, 0.4) is 0 Å². The molecule has 0 spiro atoms. The summed E-state index contributed by atoms with van der Waals surface area (Å²) in [5.41, 5.74) is 1.08. The van der Waals surface area contributed by atoms with Crippen molar-refractivity contribution in [2.45, 2.75) is 90.3 Å². The number of esters is 1. The maximum absolute atomic E-state index is 12.7. The van der Waals surface area contributed by atoms with E-state index in [-0.39, 0.29) is 18.4 Å². The Bertz CT molecular complexity index is 975. The second-order valence-corrected chi connectivity index (χ2v) is 9.19. The number of nitrogens with one attached hydrogen (secondary N) is 1. The smallest absolute Gasteiger partial charge is 0.372 e. The minimum absolute atomic E-state index is 0.0149. The third-order valence-electron chi connectivity index (χ3n) is 6.48. The van der Waals surface area contributed by atoms with Crippen molar-refractivity contribution in [3.05, 3.63) is 65.0 Å². The Balaban J connectivity index is 1.60. The molecule has 0 aliphatic carbocycles. The molecule has 2 N–H and O–H groups in total. The van der Waals surface area contributed by atoms with Crippen LogP contribution in [0.15, 0.2) is 42.7 Å². The Morgan fingerprint density at radius 1 is 1.03 bits per heavy atom. The van der Waals surface area contributed by atoms with Gasteiger partial charge in [-0.3, -0.25) is 4.79 Å². The van der Waals surface area contributed by atoms with Gasteiger partial charge in [-0.2, -0.15) is 4.57 Å². The van der Waals surface area contributed by atoms with Crippen LogP contribution >= 0.6 is 0 Å². The Hall–Kier alpha value is -2.73. The quantitative estimate of drug-likeness (QED) is 0.243. The van der Waals surface area contributed by atoms with Crippen LogP contribution in [0.4, 0.5) is 0 Å². The number of pyridine rings is 1. The highest BCUT2D eigenvalue weighted by atomic mass is 16.5. The summed E-state index contributed by atoms with van der Waals surface area (Å²) in [4.78, 5) is 24.4. The molecule has 34 heavy (non-hydrogen) atoms. The van der Waals surface area contributed by atoms with Gasteiger partial charge in [-0.05, 0) is 25.3 Å². The molecule has 1 unspecified atom stereocenters. The SMILES string of the molecule is CCCCCCCCCCCc1cccc(C2(O)NC(=O)c3c[n+](CC(=O)OCC)ccc32)c1. The molecular weight excluding hydrogens is 428 g/mol. The van der Waals surface area contributed by atoms with E-state index in [2.05, 4.69) is 18.3 Å². The fourth-order valence-electron chi connectivity index (χ4n) is 4.61. The summed E-state index contributed by atoms with van der Waals surface area (Å²) in [6, 6.07) is 9.53. The van der Waals surface area contributed by atoms with Crippen LogP contribution in [0.5, 0.6) is 0 Å². The van der Waals surface area contributed by atoms with E-state index in [1.165, 1.54) is 51.4 Å². The summed E-state index contributed by atoms with van der Waals surface area (Å²) in [6.07, 6.45) is 15.8. The maximum atomic E-state index is 12.7. The third-order valence-corrected chi connectivity index (χ3v) is 6.48. The normalized spacial score (nSPS) is 16.9. The van der Waals surface area contributed by atoms with E-state index in [0.717, 1.165) is 18.4 Å². The van der Waals surface area contributed by atoms with Crippen LogP contribution in [0, 0.1) is 0 Å². The second kappa shape index (κ2) is 12.7. The zero-order valence-corrected chi connectivity index (χ0v) is 20.6. The van der Waals surface area contributed by atoms with Crippen LogP contribution in [0.2, 0.25) is 0 Å². The number of carbonyl (C=O) groups excluding carboxylic acids is 2. The molecule has 0 bridgehead atoms.